The molecule has 2 aromatic heterocycles. The van der Waals surface area contributed by atoms with Crippen molar-refractivity contribution in [1.82, 2.24) is 30.0 Å². The zero-order valence-corrected chi connectivity index (χ0v) is 19.7. The van der Waals surface area contributed by atoms with Crippen molar-refractivity contribution in [2.75, 3.05) is 32.5 Å². The van der Waals surface area contributed by atoms with Crippen molar-refractivity contribution in [1.29, 1.82) is 0 Å². The van der Waals surface area contributed by atoms with Gasteiger partial charge in [0.2, 0.25) is 0 Å². The number of fused-ring (bicyclic) bond motifs is 1. The summed E-state index contributed by atoms with van der Waals surface area (Å²) in [5.41, 5.74) is 1.71. The van der Waals surface area contributed by atoms with Crippen LogP contribution in [0.15, 0.2) is 41.8 Å². The van der Waals surface area contributed by atoms with Crippen LogP contribution in [0.5, 0.6) is 5.75 Å². The van der Waals surface area contributed by atoms with Crippen molar-refractivity contribution in [3.8, 4) is 5.75 Å². The van der Waals surface area contributed by atoms with Crippen LogP contribution in [0.1, 0.15) is 5.56 Å². The lowest BCUT2D eigenvalue weighted by Gasteiger charge is -2.22. The fourth-order valence-corrected chi connectivity index (χ4v) is 2.97. The first-order chi connectivity index (χ1) is 14.5. The smallest absolute Gasteiger partial charge is 0.387 e. The molecule has 3 rings (SSSR count). The van der Waals surface area contributed by atoms with E-state index in [0.717, 1.165) is 22.4 Å². The number of ether oxygens (including phenoxy) is 1. The van der Waals surface area contributed by atoms with Gasteiger partial charge >= 0.3 is 6.61 Å². The van der Waals surface area contributed by atoms with Gasteiger partial charge in [-0.15, -0.1) is 24.0 Å². The number of halogens is 3. The molecule has 0 aliphatic heterocycles. The number of nitrogens with one attached hydrogen (secondary N) is 2. The fraction of sp³-hybridized carbons (Fsp3) is 0.368. The molecule has 0 spiro atoms. The van der Waals surface area contributed by atoms with Gasteiger partial charge in [-0.1, -0.05) is 12.1 Å². The van der Waals surface area contributed by atoms with Gasteiger partial charge < -0.3 is 20.3 Å². The van der Waals surface area contributed by atoms with Crippen LogP contribution >= 0.6 is 24.0 Å². The molecule has 3 aromatic rings. The quantitative estimate of drug-likeness (QED) is 0.194. The second-order valence-electron chi connectivity index (χ2n) is 6.51. The molecule has 0 saturated heterocycles. The summed E-state index contributed by atoms with van der Waals surface area (Å²) in [5.74, 6) is 1.57. The van der Waals surface area contributed by atoms with Crippen LogP contribution in [-0.4, -0.2) is 64.4 Å². The Hall–Kier alpha value is -2.77. The van der Waals surface area contributed by atoms with Gasteiger partial charge in [0.25, 0.3) is 0 Å². The number of aromatic nitrogens is 4. The fourth-order valence-electron chi connectivity index (χ4n) is 2.97. The number of hydrogen-bond donors (Lipinski definition) is 2. The molecule has 0 atom stereocenters. The SMILES string of the molecule is CN=C(NCCNc1ncnc2c1cnn2C)N(C)Cc1ccc(OC(F)F)cc1.I. The zero-order chi connectivity index (χ0) is 21.5. The average molecular weight is 546 g/mol. The van der Waals surface area contributed by atoms with Crippen molar-refractivity contribution in [2.24, 2.45) is 12.0 Å². The summed E-state index contributed by atoms with van der Waals surface area (Å²) < 4.78 is 30.6. The highest BCUT2D eigenvalue weighted by Crippen LogP contribution is 2.17. The van der Waals surface area contributed by atoms with E-state index in [0.29, 0.717) is 25.6 Å². The van der Waals surface area contributed by atoms with E-state index in [1.54, 1.807) is 30.1 Å². The van der Waals surface area contributed by atoms with E-state index < -0.39 is 6.61 Å². The van der Waals surface area contributed by atoms with Gasteiger partial charge in [0.05, 0.1) is 11.6 Å². The van der Waals surface area contributed by atoms with Crippen LogP contribution in [0.25, 0.3) is 11.0 Å². The molecule has 0 saturated carbocycles. The van der Waals surface area contributed by atoms with Crippen molar-refractivity contribution < 1.29 is 13.5 Å². The summed E-state index contributed by atoms with van der Waals surface area (Å²) in [5, 5.41) is 11.6. The Labute approximate surface area is 195 Å². The Morgan fingerprint density at radius 2 is 1.97 bits per heavy atom. The van der Waals surface area contributed by atoms with Crippen LogP contribution in [0.4, 0.5) is 14.6 Å². The van der Waals surface area contributed by atoms with Crippen molar-refractivity contribution in [3.05, 3.63) is 42.4 Å². The Bertz CT molecular complexity index is 996. The highest BCUT2D eigenvalue weighted by atomic mass is 127. The number of rotatable bonds is 8. The molecule has 0 radical (unpaired) electrons. The Kier molecular flexibility index (Phi) is 9.15. The molecule has 0 unspecified atom stereocenters. The van der Waals surface area contributed by atoms with Gasteiger partial charge in [-0.3, -0.25) is 9.67 Å². The molecule has 2 heterocycles. The Morgan fingerprint density at radius 3 is 2.65 bits per heavy atom. The number of aryl methyl sites for hydroxylation is 1. The summed E-state index contributed by atoms with van der Waals surface area (Å²) in [6.45, 7) is -1.03. The van der Waals surface area contributed by atoms with Gasteiger partial charge in [0.15, 0.2) is 11.6 Å². The number of guanidine groups is 1. The van der Waals surface area contributed by atoms with Gasteiger partial charge in [0.1, 0.15) is 17.9 Å². The minimum atomic E-state index is -2.83. The lowest BCUT2D eigenvalue weighted by atomic mass is 10.2. The minimum absolute atomic E-state index is 0. The average Bonchev–Trinajstić information content (AvgIpc) is 3.11. The number of hydrogen-bond acceptors (Lipinski definition) is 6. The first kappa shape index (κ1) is 24.5. The molecule has 1 aromatic carbocycles. The topological polar surface area (TPSA) is 92.5 Å². The summed E-state index contributed by atoms with van der Waals surface area (Å²) in [4.78, 5) is 14.7. The summed E-state index contributed by atoms with van der Waals surface area (Å²) in [7, 11) is 5.44. The molecule has 0 amide bonds. The van der Waals surface area contributed by atoms with Crippen LogP contribution in [0.3, 0.4) is 0 Å². The van der Waals surface area contributed by atoms with Crippen LogP contribution in [0, 0.1) is 0 Å². The molecule has 0 aliphatic rings. The number of alkyl halides is 2. The van der Waals surface area contributed by atoms with Gasteiger partial charge in [-0.25, -0.2) is 9.97 Å². The first-order valence-corrected chi connectivity index (χ1v) is 9.30. The van der Waals surface area contributed by atoms with Gasteiger partial charge in [0, 0.05) is 40.8 Å². The third-order valence-electron chi connectivity index (χ3n) is 4.37. The molecule has 0 aliphatic carbocycles. The maximum absolute atomic E-state index is 12.2. The van der Waals surface area contributed by atoms with E-state index in [1.807, 2.05) is 19.0 Å². The summed E-state index contributed by atoms with van der Waals surface area (Å²) >= 11 is 0. The predicted octanol–water partition coefficient (Wildman–Crippen LogP) is 2.70. The molecule has 0 bridgehead atoms. The molecule has 9 nitrogen and oxygen atoms in total. The lowest BCUT2D eigenvalue weighted by Crippen LogP contribution is -2.40. The predicted molar refractivity (Wildman–Crippen MR) is 126 cm³/mol. The van der Waals surface area contributed by atoms with Gasteiger partial charge in [-0.2, -0.15) is 13.9 Å². The molecule has 0 fully saturated rings. The van der Waals surface area contributed by atoms with E-state index in [-0.39, 0.29) is 29.7 Å². The van der Waals surface area contributed by atoms with Crippen molar-refractivity contribution >= 4 is 46.8 Å². The van der Waals surface area contributed by atoms with E-state index >= 15 is 0 Å². The molecule has 31 heavy (non-hydrogen) atoms. The maximum atomic E-state index is 12.2. The number of anilines is 1. The molecule has 168 valence electrons. The number of nitrogens with zero attached hydrogens (tertiary/aromatic N) is 6. The Morgan fingerprint density at radius 1 is 1.23 bits per heavy atom. The van der Waals surface area contributed by atoms with E-state index in [9.17, 15) is 8.78 Å². The summed E-state index contributed by atoms with van der Waals surface area (Å²) in [6.07, 6.45) is 3.24. The van der Waals surface area contributed by atoms with Crippen molar-refractivity contribution in [3.63, 3.8) is 0 Å². The first-order valence-electron chi connectivity index (χ1n) is 9.30. The lowest BCUT2D eigenvalue weighted by molar-refractivity contribution is -0.0498. The molecule has 2 N–H and O–H groups in total. The normalized spacial score (nSPS) is 11.4. The van der Waals surface area contributed by atoms with E-state index in [4.69, 9.17) is 0 Å². The third-order valence-corrected chi connectivity index (χ3v) is 4.37. The van der Waals surface area contributed by atoms with Crippen LogP contribution in [0.2, 0.25) is 0 Å². The Balaban J connectivity index is 0.00000341. The van der Waals surface area contributed by atoms with Crippen molar-refractivity contribution in [2.45, 2.75) is 13.2 Å². The standard InChI is InChI=1S/C19H24F2N8O.HI/c1-22-19(28(2)11-13-4-6-14(7-5-13)30-18(20)21)24-9-8-23-16-15-10-27-29(3)17(15)26-12-25-16;/h4-7,10,12,18H,8-9,11H2,1-3H3,(H,22,24)(H,23,25,26);1H. The molecule has 12 heteroatoms. The minimum Gasteiger partial charge on any atom is -0.435 e. The maximum Gasteiger partial charge on any atom is 0.387 e. The molecular weight excluding hydrogens is 521 g/mol. The molecular formula is C19H25F2IN8O. The number of aliphatic imine (C=N–C) groups is 1. The zero-order valence-electron chi connectivity index (χ0n) is 17.4. The second-order valence-corrected chi connectivity index (χ2v) is 6.51. The highest BCUT2D eigenvalue weighted by molar-refractivity contribution is 14.0. The highest BCUT2D eigenvalue weighted by Gasteiger charge is 2.09. The van der Waals surface area contributed by atoms with Gasteiger partial charge in [-0.05, 0) is 17.7 Å². The summed E-state index contributed by atoms with van der Waals surface area (Å²) in [6, 6.07) is 6.54. The number of benzene rings is 1. The largest absolute Gasteiger partial charge is 0.435 e. The van der Waals surface area contributed by atoms with E-state index in [2.05, 4.69) is 35.4 Å². The third kappa shape index (κ3) is 6.60. The van der Waals surface area contributed by atoms with E-state index in [1.165, 1.54) is 18.5 Å². The second kappa shape index (κ2) is 11.6. The van der Waals surface area contributed by atoms with Crippen LogP contribution < -0.4 is 15.4 Å². The monoisotopic (exact) mass is 546 g/mol. The van der Waals surface area contributed by atoms with Crippen LogP contribution in [-0.2, 0) is 13.6 Å².